The first-order valence-corrected chi connectivity index (χ1v) is 13.0. The van der Waals surface area contributed by atoms with Crippen LogP contribution in [0.4, 0.5) is 8.78 Å². The highest BCUT2D eigenvalue weighted by molar-refractivity contribution is 5.95. The lowest BCUT2D eigenvalue weighted by Crippen LogP contribution is -2.40. The summed E-state index contributed by atoms with van der Waals surface area (Å²) >= 11 is 0. The normalized spacial score (nSPS) is 22.2. The Labute approximate surface area is 223 Å². The fraction of sp³-hybridized carbons (Fsp3) is 0.267. The van der Waals surface area contributed by atoms with Crippen LogP contribution in [0.2, 0.25) is 0 Å². The summed E-state index contributed by atoms with van der Waals surface area (Å²) in [6.07, 6.45) is 4.87. The first-order chi connectivity index (χ1) is 19.1. The molecular weight excluding hydrogens is 500 g/mol. The van der Waals surface area contributed by atoms with Crippen LogP contribution in [-0.4, -0.2) is 46.8 Å². The highest BCUT2D eigenvalue weighted by Crippen LogP contribution is 2.39. The maximum atomic E-state index is 14.1. The van der Waals surface area contributed by atoms with Crippen molar-refractivity contribution in [3.63, 3.8) is 0 Å². The number of aromatic amines is 1. The number of hydrogen-bond acceptors (Lipinski definition) is 5. The van der Waals surface area contributed by atoms with Crippen molar-refractivity contribution in [3.05, 3.63) is 94.1 Å². The maximum absolute atomic E-state index is 14.1. The zero-order valence-electron chi connectivity index (χ0n) is 21.0. The van der Waals surface area contributed by atoms with E-state index in [2.05, 4.69) is 19.4 Å². The van der Waals surface area contributed by atoms with Gasteiger partial charge in [0, 0.05) is 36.3 Å². The Balaban J connectivity index is 1.35. The predicted molar refractivity (Wildman–Crippen MR) is 141 cm³/mol. The van der Waals surface area contributed by atoms with Crippen LogP contribution in [-0.2, 0) is 11.3 Å². The Morgan fingerprint density at radius 3 is 2.72 bits per heavy atom. The zero-order chi connectivity index (χ0) is 26.5. The molecule has 0 bridgehead atoms. The SMILES string of the molecule is N#C/N=c1\[nH]c2cc(/C=C3\c4ccc(F)cc4COc4cc(F)ccc43)ccc2n1[C@H]1C[C@H]2COCCN2C1. The van der Waals surface area contributed by atoms with E-state index in [-0.39, 0.29) is 18.5 Å². The summed E-state index contributed by atoms with van der Waals surface area (Å²) in [5.41, 5.74) is 6.28. The van der Waals surface area contributed by atoms with Gasteiger partial charge in [-0.15, -0.1) is 4.99 Å². The number of fused-ring (bicyclic) bond motifs is 4. The van der Waals surface area contributed by atoms with Crippen LogP contribution in [0.5, 0.6) is 5.75 Å². The number of rotatable bonds is 2. The van der Waals surface area contributed by atoms with E-state index in [9.17, 15) is 14.0 Å². The molecule has 4 aromatic rings. The minimum absolute atomic E-state index is 0.139. The molecule has 1 N–H and O–H groups in total. The molecule has 2 fully saturated rings. The lowest BCUT2D eigenvalue weighted by molar-refractivity contribution is 0.0128. The summed E-state index contributed by atoms with van der Waals surface area (Å²) in [7, 11) is 0. The second-order valence-corrected chi connectivity index (χ2v) is 10.2. The molecule has 2 saturated heterocycles. The van der Waals surface area contributed by atoms with E-state index < -0.39 is 5.82 Å². The number of hydrogen-bond donors (Lipinski definition) is 1. The molecule has 7 rings (SSSR count). The lowest BCUT2D eigenvalue weighted by atomic mass is 9.92. The number of ether oxygens (including phenoxy) is 2. The van der Waals surface area contributed by atoms with Crippen LogP contribution in [0.15, 0.2) is 59.6 Å². The van der Waals surface area contributed by atoms with Crippen LogP contribution in [0.1, 0.15) is 34.7 Å². The molecule has 0 saturated carbocycles. The van der Waals surface area contributed by atoms with Gasteiger partial charge in [-0.2, -0.15) is 5.26 Å². The number of nitrogens with zero attached hydrogens (tertiary/aromatic N) is 4. The molecule has 4 heterocycles. The molecule has 0 radical (unpaired) electrons. The number of imidazole rings is 1. The number of morpholine rings is 1. The molecule has 0 unspecified atom stereocenters. The highest BCUT2D eigenvalue weighted by atomic mass is 19.1. The Morgan fingerprint density at radius 2 is 1.87 bits per heavy atom. The third kappa shape index (κ3) is 4.22. The van der Waals surface area contributed by atoms with E-state index in [1.807, 2.05) is 30.5 Å². The highest BCUT2D eigenvalue weighted by Gasteiger charge is 2.36. The fourth-order valence-corrected chi connectivity index (χ4v) is 6.15. The van der Waals surface area contributed by atoms with Gasteiger partial charge in [0.15, 0.2) is 0 Å². The second-order valence-electron chi connectivity index (χ2n) is 10.2. The minimum atomic E-state index is -0.397. The summed E-state index contributed by atoms with van der Waals surface area (Å²) in [5.74, 6) is -0.339. The van der Waals surface area contributed by atoms with Crippen LogP contribution in [0, 0.1) is 23.1 Å². The van der Waals surface area contributed by atoms with Crippen LogP contribution in [0.3, 0.4) is 0 Å². The Bertz CT molecular complexity index is 1680. The van der Waals surface area contributed by atoms with E-state index in [0.29, 0.717) is 23.0 Å². The molecule has 3 aliphatic rings. The molecular formula is C30H25F2N5O2. The van der Waals surface area contributed by atoms with Crippen LogP contribution >= 0.6 is 0 Å². The van der Waals surface area contributed by atoms with E-state index in [1.54, 1.807) is 12.1 Å². The van der Waals surface area contributed by atoms with E-state index in [1.165, 1.54) is 24.3 Å². The molecule has 0 aliphatic carbocycles. The third-order valence-corrected chi connectivity index (χ3v) is 7.90. The molecule has 2 atom stereocenters. The molecule has 0 spiro atoms. The van der Waals surface area contributed by atoms with Gasteiger partial charge in [0.05, 0.1) is 30.3 Å². The third-order valence-electron chi connectivity index (χ3n) is 7.90. The lowest BCUT2D eigenvalue weighted by Gasteiger charge is -2.28. The molecule has 196 valence electrons. The zero-order valence-corrected chi connectivity index (χ0v) is 21.0. The number of aromatic nitrogens is 2. The smallest absolute Gasteiger partial charge is 0.219 e. The van der Waals surface area contributed by atoms with Gasteiger partial charge in [0.2, 0.25) is 11.8 Å². The van der Waals surface area contributed by atoms with Crippen molar-refractivity contribution in [2.24, 2.45) is 4.99 Å². The molecule has 39 heavy (non-hydrogen) atoms. The van der Waals surface area contributed by atoms with Gasteiger partial charge in [-0.3, -0.25) is 4.90 Å². The number of nitriles is 1. The van der Waals surface area contributed by atoms with Crippen molar-refractivity contribution in [2.45, 2.75) is 25.1 Å². The second kappa shape index (κ2) is 9.49. The van der Waals surface area contributed by atoms with Crippen molar-refractivity contribution in [2.75, 3.05) is 26.3 Å². The van der Waals surface area contributed by atoms with E-state index in [4.69, 9.17) is 9.47 Å². The van der Waals surface area contributed by atoms with Crippen molar-refractivity contribution in [1.29, 1.82) is 5.26 Å². The number of nitrogens with one attached hydrogen (secondary N) is 1. The molecule has 0 amide bonds. The molecule has 9 heteroatoms. The van der Waals surface area contributed by atoms with Crippen LogP contribution < -0.4 is 10.4 Å². The number of H-pyrrole nitrogens is 1. The topological polar surface area (TPSA) is 78.6 Å². The first kappa shape index (κ1) is 23.8. The summed E-state index contributed by atoms with van der Waals surface area (Å²) in [6.45, 7) is 3.40. The summed E-state index contributed by atoms with van der Waals surface area (Å²) in [5, 5.41) is 9.39. The van der Waals surface area contributed by atoms with Crippen molar-refractivity contribution in [3.8, 4) is 11.9 Å². The minimum Gasteiger partial charge on any atom is -0.488 e. The number of benzene rings is 3. The Kier molecular flexibility index (Phi) is 5.80. The van der Waals surface area contributed by atoms with E-state index in [0.717, 1.165) is 66.0 Å². The first-order valence-electron chi connectivity index (χ1n) is 13.0. The van der Waals surface area contributed by atoms with Gasteiger partial charge in [-0.1, -0.05) is 12.1 Å². The van der Waals surface area contributed by atoms with E-state index >= 15 is 0 Å². The van der Waals surface area contributed by atoms with Gasteiger partial charge in [-0.25, -0.2) is 8.78 Å². The van der Waals surface area contributed by atoms with Crippen LogP contribution in [0.25, 0.3) is 22.7 Å². The Hall–Kier alpha value is -4.26. The molecule has 3 aromatic carbocycles. The Morgan fingerprint density at radius 1 is 1.03 bits per heavy atom. The maximum Gasteiger partial charge on any atom is 0.219 e. The van der Waals surface area contributed by atoms with Crippen molar-refractivity contribution < 1.29 is 18.3 Å². The van der Waals surface area contributed by atoms with Gasteiger partial charge < -0.3 is 19.0 Å². The predicted octanol–water partition coefficient (Wildman–Crippen LogP) is 4.76. The van der Waals surface area contributed by atoms with Gasteiger partial charge in [-0.05, 0) is 65.6 Å². The summed E-state index contributed by atoms with van der Waals surface area (Å²) in [4.78, 5) is 9.89. The average molecular weight is 526 g/mol. The standard InChI is InChI=1S/C30H25F2N5O2/c31-20-2-4-24-19(11-20)15-39-29-12-21(32)3-5-25(29)26(24)9-18-1-6-28-27(10-18)35-30(34-17-33)37(28)22-13-23-16-38-8-7-36(23)14-22/h1-6,9-12,22-23H,7-8,13-16H2,(H,34,35)/b26-9+/t22-,23-/m0/s1. The van der Waals surface area contributed by atoms with Gasteiger partial charge in [0.25, 0.3) is 0 Å². The van der Waals surface area contributed by atoms with Crippen molar-refractivity contribution in [1.82, 2.24) is 14.5 Å². The average Bonchev–Trinajstić information content (AvgIpc) is 3.47. The monoisotopic (exact) mass is 525 g/mol. The molecule has 1 aromatic heterocycles. The van der Waals surface area contributed by atoms with Gasteiger partial charge in [0.1, 0.15) is 24.0 Å². The molecule has 3 aliphatic heterocycles. The number of halogens is 2. The van der Waals surface area contributed by atoms with Gasteiger partial charge >= 0.3 is 0 Å². The fourth-order valence-electron chi connectivity index (χ4n) is 6.15. The quantitative estimate of drug-likeness (QED) is 0.383. The largest absolute Gasteiger partial charge is 0.488 e. The molecule has 7 nitrogen and oxygen atoms in total. The van der Waals surface area contributed by atoms with Crippen molar-refractivity contribution >= 4 is 22.7 Å². The summed E-state index contributed by atoms with van der Waals surface area (Å²) in [6, 6.07) is 15.7. The summed E-state index contributed by atoms with van der Waals surface area (Å²) < 4.78 is 41.9.